The Morgan fingerprint density at radius 3 is 2.39 bits per heavy atom. The summed E-state index contributed by atoms with van der Waals surface area (Å²) in [6.45, 7) is 3.68. The van der Waals surface area contributed by atoms with Crippen LogP contribution in [0, 0.1) is 16.0 Å². The summed E-state index contributed by atoms with van der Waals surface area (Å²) in [5, 5.41) is 11.4. The van der Waals surface area contributed by atoms with Gasteiger partial charge in [0, 0.05) is 62.5 Å². The molecule has 182 valence electrons. The number of rotatable bonds is 6. The number of imidazole rings is 1. The molecule has 2 fully saturated rings. The summed E-state index contributed by atoms with van der Waals surface area (Å²) >= 11 is 0. The summed E-state index contributed by atoms with van der Waals surface area (Å²) in [6.07, 6.45) is 4.15. The van der Waals surface area contributed by atoms with Crippen molar-refractivity contribution in [3.8, 4) is 22.4 Å². The molecule has 1 saturated heterocycles. The molecule has 8 nitrogen and oxygen atoms in total. The summed E-state index contributed by atoms with van der Waals surface area (Å²) in [4.78, 5) is 32.8. The molecule has 1 amide bonds. The second-order valence-corrected chi connectivity index (χ2v) is 9.60. The number of nitrogens with zero attached hydrogens (tertiary/aromatic N) is 5. The van der Waals surface area contributed by atoms with E-state index in [-0.39, 0.29) is 16.5 Å². The number of benzene rings is 2. The average molecular weight is 482 g/mol. The number of hydrogen-bond acceptors (Lipinski definition) is 5. The topological polar surface area (TPSA) is 84.0 Å². The molecule has 0 N–H and O–H groups in total. The molecular weight excluding hydrogens is 454 g/mol. The van der Waals surface area contributed by atoms with Gasteiger partial charge in [-0.25, -0.2) is 4.98 Å². The molecule has 0 spiro atoms. The quantitative estimate of drug-likeness (QED) is 0.296. The van der Waals surface area contributed by atoms with Gasteiger partial charge >= 0.3 is 0 Å². The lowest BCUT2D eigenvalue weighted by atomic mass is 10.1. The lowest BCUT2D eigenvalue weighted by Gasteiger charge is -2.35. The van der Waals surface area contributed by atoms with Gasteiger partial charge in [-0.3, -0.25) is 19.8 Å². The predicted molar refractivity (Wildman–Crippen MR) is 137 cm³/mol. The summed E-state index contributed by atoms with van der Waals surface area (Å²) < 4.78 is 2.11. The maximum atomic E-state index is 12.5. The molecule has 36 heavy (non-hydrogen) atoms. The SMILES string of the molecule is O=C(C1CC1)N1CCN(Cc2c(-c3cccc([N+](=O)[O-])c3)nc3ccc(-c4ccccc4)cn23)CC1. The van der Waals surface area contributed by atoms with E-state index < -0.39 is 0 Å². The third-order valence-electron chi connectivity index (χ3n) is 7.14. The number of carbonyl (C=O) groups excluding carboxylic acids is 1. The Balaban J connectivity index is 1.37. The maximum Gasteiger partial charge on any atom is 0.270 e. The van der Waals surface area contributed by atoms with Gasteiger partial charge in [-0.15, -0.1) is 0 Å². The first-order valence-electron chi connectivity index (χ1n) is 12.4. The van der Waals surface area contributed by atoms with Crippen LogP contribution in [0.3, 0.4) is 0 Å². The molecule has 2 aromatic heterocycles. The lowest BCUT2D eigenvalue weighted by Crippen LogP contribution is -2.48. The molecule has 0 bridgehead atoms. The molecule has 1 aliphatic heterocycles. The smallest absolute Gasteiger partial charge is 0.270 e. The van der Waals surface area contributed by atoms with Crippen LogP contribution < -0.4 is 0 Å². The highest BCUT2D eigenvalue weighted by Crippen LogP contribution is 2.32. The third-order valence-corrected chi connectivity index (χ3v) is 7.14. The highest BCUT2D eigenvalue weighted by Gasteiger charge is 2.34. The van der Waals surface area contributed by atoms with Crippen molar-refractivity contribution in [2.45, 2.75) is 19.4 Å². The number of piperazine rings is 1. The molecule has 2 aliphatic rings. The van der Waals surface area contributed by atoms with E-state index in [0.717, 1.165) is 72.7 Å². The zero-order valence-corrected chi connectivity index (χ0v) is 19.9. The van der Waals surface area contributed by atoms with Crippen molar-refractivity contribution in [1.82, 2.24) is 19.2 Å². The van der Waals surface area contributed by atoms with Crippen LogP contribution in [0.2, 0.25) is 0 Å². The first kappa shape index (κ1) is 22.4. The maximum absolute atomic E-state index is 12.5. The van der Waals surface area contributed by atoms with Crippen molar-refractivity contribution in [2.75, 3.05) is 26.2 Å². The Kier molecular flexibility index (Phi) is 5.73. The molecule has 0 atom stereocenters. The monoisotopic (exact) mass is 481 g/mol. The number of nitro benzene ring substituents is 1. The van der Waals surface area contributed by atoms with Gasteiger partial charge in [0.25, 0.3) is 5.69 Å². The van der Waals surface area contributed by atoms with Crippen molar-refractivity contribution < 1.29 is 9.72 Å². The van der Waals surface area contributed by atoms with Gasteiger partial charge in [-0.05, 0) is 36.1 Å². The number of aromatic nitrogens is 2. The first-order valence-corrected chi connectivity index (χ1v) is 12.4. The standard InChI is InChI=1S/C28H27N5O3/c34-28(21-9-10-21)31-15-13-30(14-16-31)19-25-27(22-7-4-8-24(17-22)33(35)36)29-26-12-11-23(18-32(25)26)20-5-2-1-3-6-20/h1-8,11-12,17-18,21H,9-10,13-16,19H2. The van der Waals surface area contributed by atoms with Crippen molar-refractivity contribution in [3.63, 3.8) is 0 Å². The van der Waals surface area contributed by atoms with Crippen LogP contribution in [0.5, 0.6) is 0 Å². The van der Waals surface area contributed by atoms with Crippen molar-refractivity contribution >= 4 is 17.2 Å². The van der Waals surface area contributed by atoms with Crippen LogP contribution >= 0.6 is 0 Å². The van der Waals surface area contributed by atoms with E-state index in [9.17, 15) is 14.9 Å². The number of hydrogen-bond donors (Lipinski definition) is 0. The fourth-order valence-corrected chi connectivity index (χ4v) is 4.97. The second kappa shape index (κ2) is 9.20. The zero-order valence-electron chi connectivity index (χ0n) is 19.9. The number of nitro groups is 1. The molecule has 0 unspecified atom stereocenters. The fourth-order valence-electron chi connectivity index (χ4n) is 4.97. The lowest BCUT2D eigenvalue weighted by molar-refractivity contribution is -0.384. The van der Waals surface area contributed by atoms with E-state index in [1.807, 2.05) is 35.2 Å². The highest BCUT2D eigenvalue weighted by molar-refractivity contribution is 5.81. The number of non-ortho nitro benzene ring substituents is 1. The summed E-state index contributed by atoms with van der Waals surface area (Å²) in [6, 6.07) is 20.9. The zero-order chi connectivity index (χ0) is 24.6. The Hall–Kier alpha value is -4.04. The molecule has 6 rings (SSSR count). The molecular formula is C28H27N5O3. The van der Waals surface area contributed by atoms with Crippen LogP contribution in [-0.2, 0) is 11.3 Å². The minimum absolute atomic E-state index is 0.0488. The van der Waals surface area contributed by atoms with Gasteiger partial charge in [-0.2, -0.15) is 0 Å². The van der Waals surface area contributed by atoms with Gasteiger partial charge in [-0.1, -0.05) is 42.5 Å². The summed E-state index contributed by atoms with van der Waals surface area (Å²) in [5.41, 5.74) is 5.51. The predicted octanol–water partition coefficient (Wildman–Crippen LogP) is 4.63. The van der Waals surface area contributed by atoms with Gasteiger partial charge in [0.1, 0.15) is 5.65 Å². The van der Waals surface area contributed by atoms with Gasteiger partial charge in [0.2, 0.25) is 5.91 Å². The Labute approximate surface area is 208 Å². The molecule has 1 aliphatic carbocycles. The number of pyridine rings is 1. The first-order chi connectivity index (χ1) is 17.6. The second-order valence-electron chi connectivity index (χ2n) is 9.60. The number of fused-ring (bicyclic) bond motifs is 1. The molecule has 2 aromatic carbocycles. The average Bonchev–Trinajstić information content (AvgIpc) is 3.71. The molecule has 0 radical (unpaired) electrons. The number of amides is 1. The van der Waals surface area contributed by atoms with Gasteiger partial charge in [0.15, 0.2) is 0 Å². The van der Waals surface area contributed by atoms with Gasteiger partial charge < -0.3 is 9.30 Å². The van der Waals surface area contributed by atoms with E-state index in [1.165, 1.54) is 6.07 Å². The molecule has 4 aromatic rings. The van der Waals surface area contributed by atoms with Gasteiger partial charge in [0.05, 0.1) is 16.3 Å². The van der Waals surface area contributed by atoms with E-state index in [4.69, 9.17) is 4.98 Å². The van der Waals surface area contributed by atoms with Crippen LogP contribution in [-0.4, -0.2) is 56.2 Å². The molecule has 1 saturated carbocycles. The van der Waals surface area contributed by atoms with Crippen molar-refractivity contribution in [1.29, 1.82) is 0 Å². The summed E-state index contributed by atoms with van der Waals surface area (Å²) in [7, 11) is 0. The van der Waals surface area contributed by atoms with E-state index in [0.29, 0.717) is 12.5 Å². The van der Waals surface area contributed by atoms with Crippen LogP contribution in [0.1, 0.15) is 18.5 Å². The Morgan fingerprint density at radius 2 is 1.67 bits per heavy atom. The largest absolute Gasteiger partial charge is 0.340 e. The number of carbonyl (C=O) groups is 1. The summed E-state index contributed by atoms with van der Waals surface area (Å²) in [5.74, 6) is 0.543. The van der Waals surface area contributed by atoms with E-state index in [1.54, 1.807) is 12.1 Å². The van der Waals surface area contributed by atoms with Crippen LogP contribution in [0.25, 0.3) is 28.0 Å². The van der Waals surface area contributed by atoms with Crippen molar-refractivity contribution in [2.24, 2.45) is 5.92 Å². The van der Waals surface area contributed by atoms with Crippen molar-refractivity contribution in [3.05, 3.63) is 88.7 Å². The van der Waals surface area contributed by atoms with E-state index >= 15 is 0 Å². The third kappa shape index (κ3) is 4.35. The normalized spacial score (nSPS) is 16.4. The minimum atomic E-state index is -0.372. The molecule has 8 heteroatoms. The Morgan fingerprint density at radius 1 is 0.917 bits per heavy atom. The van der Waals surface area contributed by atoms with Crippen LogP contribution in [0.4, 0.5) is 5.69 Å². The minimum Gasteiger partial charge on any atom is -0.340 e. The highest BCUT2D eigenvalue weighted by atomic mass is 16.6. The fraction of sp³-hybridized carbons (Fsp3) is 0.286. The van der Waals surface area contributed by atoms with Crippen LogP contribution in [0.15, 0.2) is 72.9 Å². The Bertz CT molecular complexity index is 1440. The molecule has 3 heterocycles. The van der Waals surface area contributed by atoms with E-state index in [2.05, 4.69) is 33.7 Å².